The van der Waals surface area contributed by atoms with Crippen molar-refractivity contribution in [3.05, 3.63) is 36.7 Å². The third-order valence-electron chi connectivity index (χ3n) is 2.00. The van der Waals surface area contributed by atoms with Gasteiger partial charge in [0.05, 0.1) is 6.20 Å². The monoisotopic (exact) mass is 205 g/mol. The molecular formula is C12H15NO2. The lowest BCUT2D eigenvalue weighted by Crippen LogP contribution is -2.21. The average molecular weight is 205 g/mol. The van der Waals surface area contributed by atoms with Gasteiger partial charge in [-0.3, -0.25) is 4.98 Å². The molecule has 0 bridgehead atoms. The molecule has 0 unspecified atom stereocenters. The molecule has 0 aromatic carbocycles. The lowest BCUT2D eigenvalue weighted by molar-refractivity contribution is -0.131. The van der Waals surface area contributed by atoms with E-state index in [1.807, 2.05) is 20.8 Å². The summed E-state index contributed by atoms with van der Waals surface area (Å²) >= 11 is 0. The van der Waals surface area contributed by atoms with E-state index in [1.165, 1.54) is 6.20 Å². The van der Waals surface area contributed by atoms with Gasteiger partial charge in [0.25, 0.3) is 0 Å². The molecule has 0 fully saturated rings. The van der Waals surface area contributed by atoms with Crippen LogP contribution in [0.15, 0.2) is 36.7 Å². The topological polar surface area (TPSA) is 39.2 Å². The van der Waals surface area contributed by atoms with Crippen molar-refractivity contribution >= 4 is 5.97 Å². The highest BCUT2D eigenvalue weighted by molar-refractivity contribution is 5.90. The van der Waals surface area contributed by atoms with Crippen LogP contribution in [0.4, 0.5) is 0 Å². The van der Waals surface area contributed by atoms with Crippen LogP contribution in [0, 0.1) is 5.41 Å². The third kappa shape index (κ3) is 3.20. The molecule has 3 heteroatoms. The first-order chi connectivity index (χ1) is 6.91. The van der Waals surface area contributed by atoms with Gasteiger partial charge in [-0.1, -0.05) is 27.4 Å². The predicted octanol–water partition coefficient (Wildman–Crippen LogP) is 2.59. The molecule has 0 saturated heterocycles. The van der Waals surface area contributed by atoms with Gasteiger partial charge in [0.1, 0.15) is 5.75 Å². The highest BCUT2D eigenvalue weighted by Crippen LogP contribution is 2.24. The molecule has 0 saturated carbocycles. The summed E-state index contributed by atoms with van der Waals surface area (Å²) in [5, 5.41) is 0. The van der Waals surface area contributed by atoms with Crippen LogP contribution in [-0.2, 0) is 4.79 Å². The van der Waals surface area contributed by atoms with Crippen molar-refractivity contribution in [3.63, 3.8) is 0 Å². The molecule has 0 N–H and O–H groups in total. The Morgan fingerprint density at radius 1 is 1.47 bits per heavy atom. The smallest absolute Gasteiger partial charge is 0.339 e. The zero-order valence-corrected chi connectivity index (χ0v) is 9.28. The largest absolute Gasteiger partial charge is 0.422 e. The number of hydrogen-bond donors (Lipinski definition) is 0. The molecule has 0 spiro atoms. The standard InChI is InChI=1S/C12H15NO2/c1-9(12(2,3)4)11(14)15-10-6-5-7-13-8-10/h5-8H,1H2,2-4H3. The van der Waals surface area contributed by atoms with Crippen molar-refractivity contribution in [3.8, 4) is 5.75 Å². The number of carbonyl (C=O) groups excluding carboxylic acids is 1. The first kappa shape index (κ1) is 11.4. The van der Waals surface area contributed by atoms with Gasteiger partial charge in [-0.2, -0.15) is 0 Å². The average Bonchev–Trinajstić information content (AvgIpc) is 2.16. The quantitative estimate of drug-likeness (QED) is 0.550. The minimum atomic E-state index is -0.407. The van der Waals surface area contributed by atoms with Crippen molar-refractivity contribution in [1.29, 1.82) is 0 Å². The SMILES string of the molecule is C=C(C(=O)Oc1cccnc1)C(C)(C)C. The van der Waals surface area contributed by atoms with Crippen molar-refractivity contribution in [2.24, 2.45) is 5.41 Å². The lowest BCUT2D eigenvalue weighted by Gasteiger charge is -2.19. The van der Waals surface area contributed by atoms with Gasteiger partial charge in [-0.05, 0) is 17.5 Å². The van der Waals surface area contributed by atoms with E-state index >= 15 is 0 Å². The fraction of sp³-hybridized carbons (Fsp3) is 0.333. The summed E-state index contributed by atoms with van der Waals surface area (Å²) in [6, 6.07) is 3.39. The lowest BCUT2D eigenvalue weighted by atomic mass is 9.88. The van der Waals surface area contributed by atoms with E-state index in [9.17, 15) is 4.79 Å². The number of ether oxygens (including phenoxy) is 1. The molecule has 0 amide bonds. The molecule has 1 heterocycles. The minimum Gasteiger partial charge on any atom is -0.422 e. The highest BCUT2D eigenvalue weighted by atomic mass is 16.5. The van der Waals surface area contributed by atoms with Crippen molar-refractivity contribution < 1.29 is 9.53 Å². The summed E-state index contributed by atoms with van der Waals surface area (Å²) in [5.74, 6) is 0.0309. The Kier molecular flexibility index (Phi) is 3.24. The molecular weight excluding hydrogens is 190 g/mol. The van der Waals surface area contributed by atoms with E-state index < -0.39 is 5.97 Å². The number of nitrogens with zero attached hydrogens (tertiary/aromatic N) is 1. The fourth-order valence-electron chi connectivity index (χ4n) is 0.882. The second kappa shape index (κ2) is 4.26. The molecule has 1 aromatic heterocycles. The Hall–Kier alpha value is -1.64. The zero-order chi connectivity index (χ0) is 11.5. The Morgan fingerprint density at radius 2 is 2.13 bits per heavy atom. The van der Waals surface area contributed by atoms with Crippen LogP contribution in [0.1, 0.15) is 20.8 Å². The molecule has 0 atom stereocenters. The van der Waals surface area contributed by atoms with Gasteiger partial charge in [0.15, 0.2) is 0 Å². The molecule has 1 rings (SSSR count). The van der Waals surface area contributed by atoms with Gasteiger partial charge in [-0.25, -0.2) is 4.79 Å². The van der Waals surface area contributed by atoms with Gasteiger partial charge >= 0.3 is 5.97 Å². The second-order valence-electron chi connectivity index (χ2n) is 4.31. The van der Waals surface area contributed by atoms with Gasteiger partial charge in [0.2, 0.25) is 0 Å². The molecule has 15 heavy (non-hydrogen) atoms. The molecule has 0 aliphatic carbocycles. The number of pyridine rings is 1. The van der Waals surface area contributed by atoms with E-state index in [0.717, 1.165) is 0 Å². The van der Waals surface area contributed by atoms with E-state index in [1.54, 1.807) is 18.3 Å². The Balaban J connectivity index is 2.69. The Labute approximate surface area is 89.8 Å². The highest BCUT2D eigenvalue weighted by Gasteiger charge is 2.23. The summed E-state index contributed by atoms with van der Waals surface area (Å²) in [6.45, 7) is 9.48. The zero-order valence-electron chi connectivity index (χ0n) is 9.28. The van der Waals surface area contributed by atoms with E-state index in [0.29, 0.717) is 11.3 Å². The molecule has 0 aliphatic rings. The predicted molar refractivity (Wildman–Crippen MR) is 58.5 cm³/mol. The molecule has 3 nitrogen and oxygen atoms in total. The van der Waals surface area contributed by atoms with Gasteiger partial charge in [0, 0.05) is 11.8 Å². The van der Waals surface area contributed by atoms with Crippen molar-refractivity contribution in [1.82, 2.24) is 4.98 Å². The normalized spacial score (nSPS) is 10.9. The second-order valence-corrected chi connectivity index (χ2v) is 4.31. The molecule has 1 aromatic rings. The number of hydrogen-bond acceptors (Lipinski definition) is 3. The van der Waals surface area contributed by atoms with Crippen LogP contribution in [-0.4, -0.2) is 11.0 Å². The summed E-state index contributed by atoms with van der Waals surface area (Å²) in [4.78, 5) is 15.5. The maximum Gasteiger partial charge on any atom is 0.339 e. The Morgan fingerprint density at radius 3 is 2.60 bits per heavy atom. The van der Waals surface area contributed by atoms with Crippen LogP contribution in [0.25, 0.3) is 0 Å². The molecule has 0 aliphatic heterocycles. The summed E-state index contributed by atoms with van der Waals surface area (Å²) in [5.41, 5.74) is 0.172. The van der Waals surface area contributed by atoms with Crippen molar-refractivity contribution in [2.45, 2.75) is 20.8 Å². The number of rotatable bonds is 2. The summed E-state index contributed by atoms with van der Waals surface area (Å²) in [7, 11) is 0. The maximum absolute atomic E-state index is 11.6. The van der Waals surface area contributed by atoms with Crippen LogP contribution < -0.4 is 4.74 Å². The van der Waals surface area contributed by atoms with Gasteiger partial charge < -0.3 is 4.74 Å². The first-order valence-corrected chi connectivity index (χ1v) is 4.73. The van der Waals surface area contributed by atoms with Crippen LogP contribution in [0.3, 0.4) is 0 Å². The fourth-order valence-corrected chi connectivity index (χ4v) is 0.882. The van der Waals surface area contributed by atoms with Crippen LogP contribution >= 0.6 is 0 Å². The van der Waals surface area contributed by atoms with Gasteiger partial charge in [-0.15, -0.1) is 0 Å². The maximum atomic E-state index is 11.6. The first-order valence-electron chi connectivity index (χ1n) is 4.73. The van der Waals surface area contributed by atoms with E-state index in [4.69, 9.17) is 4.74 Å². The van der Waals surface area contributed by atoms with E-state index in [-0.39, 0.29) is 5.41 Å². The minimum absolute atomic E-state index is 0.278. The van der Waals surface area contributed by atoms with Crippen LogP contribution in [0.2, 0.25) is 0 Å². The number of esters is 1. The molecule has 0 radical (unpaired) electrons. The number of aromatic nitrogens is 1. The Bertz CT molecular complexity index is 363. The van der Waals surface area contributed by atoms with Crippen LogP contribution in [0.5, 0.6) is 5.75 Å². The molecule has 80 valence electrons. The summed E-state index contributed by atoms with van der Waals surface area (Å²) < 4.78 is 5.10. The third-order valence-corrected chi connectivity index (χ3v) is 2.00. The number of carbonyl (C=O) groups is 1. The van der Waals surface area contributed by atoms with E-state index in [2.05, 4.69) is 11.6 Å². The van der Waals surface area contributed by atoms with Crippen molar-refractivity contribution in [2.75, 3.05) is 0 Å². The summed E-state index contributed by atoms with van der Waals surface area (Å²) in [6.07, 6.45) is 3.11.